The van der Waals surface area contributed by atoms with E-state index in [9.17, 15) is 9.18 Å². The molecule has 0 aliphatic heterocycles. The fourth-order valence-corrected chi connectivity index (χ4v) is 1.78. The van der Waals surface area contributed by atoms with E-state index >= 15 is 0 Å². The highest BCUT2D eigenvalue weighted by Gasteiger charge is 2.21. The average molecular weight is 279 g/mol. The number of hydrogen-bond donors (Lipinski definition) is 0. The molecule has 0 atom stereocenters. The smallest absolute Gasteiger partial charge is 0.378 e. The first kappa shape index (κ1) is 14.0. The van der Waals surface area contributed by atoms with Gasteiger partial charge >= 0.3 is 5.97 Å². The van der Waals surface area contributed by atoms with E-state index in [1.54, 1.807) is 20.0 Å². The van der Waals surface area contributed by atoms with Crippen molar-refractivity contribution in [3.05, 3.63) is 29.8 Å². The molecule has 0 fully saturated rings. The third-order valence-corrected chi connectivity index (χ3v) is 2.64. The predicted molar refractivity (Wildman–Crippen MR) is 68.9 cm³/mol. The first-order valence-corrected chi connectivity index (χ1v) is 5.99. The Labute approximate surface area is 115 Å². The van der Waals surface area contributed by atoms with Crippen molar-refractivity contribution in [3.8, 4) is 17.1 Å². The molecule has 0 spiro atoms. The molecule has 0 bridgehead atoms. The summed E-state index contributed by atoms with van der Waals surface area (Å²) in [5.41, 5.74) is 0.153. The van der Waals surface area contributed by atoms with Crippen LogP contribution in [0.5, 0.6) is 5.75 Å². The van der Waals surface area contributed by atoms with Crippen molar-refractivity contribution in [1.29, 1.82) is 0 Å². The van der Waals surface area contributed by atoms with E-state index in [4.69, 9.17) is 9.47 Å². The zero-order chi connectivity index (χ0) is 14.7. The highest BCUT2D eigenvalue weighted by molar-refractivity contribution is 5.86. The zero-order valence-electron chi connectivity index (χ0n) is 11.4. The Morgan fingerprint density at radius 2 is 2.20 bits per heavy atom. The Hall–Kier alpha value is -2.44. The first-order valence-electron chi connectivity index (χ1n) is 5.99. The number of nitrogens with zero attached hydrogens (tertiary/aromatic N) is 3. The second-order valence-corrected chi connectivity index (χ2v) is 3.92. The van der Waals surface area contributed by atoms with Crippen molar-refractivity contribution in [3.63, 3.8) is 0 Å². The fraction of sp³-hybridized carbons (Fsp3) is 0.308. The summed E-state index contributed by atoms with van der Waals surface area (Å²) in [4.78, 5) is 15.6. The highest BCUT2D eigenvalue weighted by Crippen LogP contribution is 2.30. The Balaban J connectivity index is 2.51. The molecule has 0 aliphatic rings. The van der Waals surface area contributed by atoms with Crippen LogP contribution >= 0.6 is 0 Å². The number of benzene rings is 1. The SMILES string of the molecule is CCOC(=O)c1nc(-c2c(F)cccc2OC)n(C)n1. The van der Waals surface area contributed by atoms with Gasteiger partial charge in [-0.15, -0.1) is 5.10 Å². The third kappa shape index (κ3) is 2.47. The number of aromatic nitrogens is 3. The van der Waals surface area contributed by atoms with Crippen LogP contribution in [-0.2, 0) is 11.8 Å². The number of carbonyl (C=O) groups is 1. The average Bonchev–Trinajstić information content (AvgIpc) is 2.80. The van der Waals surface area contributed by atoms with E-state index in [-0.39, 0.29) is 23.8 Å². The monoisotopic (exact) mass is 279 g/mol. The van der Waals surface area contributed by atoms with Crippen molar-refractivity contribution in [2.24, 2.45) is 7.05 Å². The second-order valence-electron chi connectivity index (χ2n) is 3.92. The van der Waals surface area contributed by atoms with Crippen LogP contribution in [0.25, 0.3) is 11.4 Å². The minimum atomic E-state index is -0.648. The lowest BCUT2D eigenvalue weighted by Crippen LogP contribution is -2.07. The number of ether oxygens (including phenoxy) is 2. The molecule has 0 N–H and O–H groups in total. The number of aryl methyl sites for hydroxylation is 1. The van der Waals surface area contributed by atoms with E-state index in [1.807, 2.05) is 0 Å². The van der Waals surface area contributed by atoms with Gasteiger partial charge in [-0.1, -0.05) is 6.07 Å². The number of carbonyl (C=O) groups excluding carboxylic acids is 1. The van der Waals surface area contributed by atoms with Crippen molar-refractivity contribution in [2.45, 2.75) is 6.92 Å². The van der Waals surface area contributed by atoms with Crippen molar-refractivity contribution >= 4 is 5.97 Å². The van der Waals surface area contributed by atoms with Gasteiger partial charge in [-0.25, -0.2) is 18.9 Å². The van der Waals surface area contributed by atoms with Crippen molar-refractivity contribution in [2.75, 3.05) is 13.7 Å². The normalized spacial score (nSPS) is 10.4. The van der Waals surface area contributed by atoms with Gasteiger partial charge in [0, 0.05) is 7.05 Å². The Morgan fingerprint density at radius 3 is 2.85 bits per heavy atom. The molecule has 1 aromatic heterocycles. The van der Waals surface area contributed by atoms with Gasteiger partial charge in [-0.2, -0.15) is 0 Å². The summed E-state index contributed by atoms with van der Waals surface area (Å²) >= 11 is 0. The van der Waals surface area contributed by atoms with Gasteiger partial charge in [0.1, 0.15) is 11.6 Å². The van der Waals surface area contributed by atoms with E-state index in [2.05, 4.69) is 10.1 Å². The van der Waals surface area contributed by atoms with Gasteiger partial charge in [-0.3, -0.25) is 0 Å². The molecule has 0 radical (unpaired) electrons. The minimum Gasteiger partial charge on any atom is -0.496 e. The van der Waals surface area contributed by atoms with Gasteiger partial charge in [0.25, 0.3) is 5.82 Å². The molecule has 7 heteroatoms. The summed E-state index contributed by atoms with van der Waals surface area (Å²) in [6.45, 7) is 1.90. The number of rotatable bonds is 4. The molecule has 20 heavy (non-hydrogen) atoms. The summed E-state index contributed by atoms with van der Waals surface area (Å²) < 4.78 is 25.2. The van der Waals surface area contributed by atoms with Gasteiger partial charge in [-0.05, 0) is 19.1 Å². The molecule has 2 rings (SSSR count). The minimum absolute atomic E-state index is 0.116. The lowest BCUT2D eigenvalue weighted by Gasteiger charge is -2.07. The summed E-state index contributed by atoms with van der Waals surface area (Å²) in [6.07, 6.45) is 0. The van der Waals surface area contributed by atoms with Gasteiger partial charge in [0.2, 0.25) is 0 Å². The summed E-state index contributed by atoms with van der Waals surface area (Å²) in [5.74, 6) is -0.756. The van der Waals surface area contributed by atoms with Crippen LogP contribution in [0.4, 0.5) is 4.39 Å². The van der Waals surface area contributed by atoms with E-state index in [1.165, 1.54) is 23.9 Å². The number of hydrogen-bond acceptors (Lipinski definition) is 5. The summed E-state index contributed by atoms with van der Waals surface area (Å²) in [7, 11) is 3.00. The molecule has 106 valence electrons. The molecule has 0 saturated carbocycles. The molecule has 0 saturated heterocycles. The van der Waals surface area contributed by atoms with Crippen LogP contribution in [0.2, 0.25) is 0 Å². The Kier molecular flexibility index (Phi) is 3.97. The molecular formula is C13H14FN3O3. The predicted octanol–water partition coefficient (Wildman–Crippen LogP) is 1.81. The topological polar surface area (TPSA) is 66.2 Å². The maximum atomic E-state index is 14.0. The van der Waals surface area contributed by atoms with Crippen molar-refractivity contribution in [1.82, 2.24) is 14.8 Å². The summed E-state index contributed by atoms with van der Waals surface area (Å²) in [6, 6.07) is 4.42. The Morgan fingerprint density at radius 1 is 1.45 bits per heavy atom. The quantitative estimate of drug-likeness (QED) is 0.798. The molecule has 6 nitrogen and oxygen atoms in total. The largest absolute Gasteiger partial charge is 0.496 e. The molecule has 1 heterocycles. The van der Waals surface area contributed by atoms with Gasteiger partial charge in [0.15, 0.2) is 5.82 Å². The lowest BCUT2D eigenvalue weighted by atomic mass is 10.1. The number of halogens is 1. The summed E-state index contributed by atoms with van der Waals surface area (Å²) in [5, 5.41) is 3.93. The van der Waals surface area contributed by atoms with Gasteiger partial charge < -0.3 is 9.47 Å². The number of esters is 1. The Bertz CT molecular complexity index is 640. The van der Waals surface area contributed by atoms with Crippen LogP contribution in [-0.4, -0.2) is 34.5 Å². The maximum absolute atomic E-state index is 14.0. The lowest BCUT2D eigenvalue weighted by molar-refractivity contribution is 0.0512. The van der Waals surface area contributed by atoms with E-state index in [0.29, 0.717) is 5.75 Å². The van der Waals surface area contributed by atoms with E-state index in [0.717, 1.165) is 0 Å². The van der Waals surface area contributed by atoms with Crippen LogP contribution in [0.15, 0.2) is 18.2 Å². The van der Waals surface area contributed by atoms with E-state index < -0.39 is 11.8 Å². The molecule has 2 aromatic rings. The molecular weight excluding hydrogens is 265 g/mol. The van der Waals surface area contributed by atoms with Gasteiger partial charge in [0.05, 0.1) is 19.3 Å². The van der Waals surface area contributed by atoms with Crippen molar-refractivity contribution < 1.29 is 18.7 Å². The molecule has 0 unspecified atom stereocenters. The molecule has 0 aliphatic carbocycles. The zero-order valence-corrected chi connectivity index (χ0v) is 11.4. The fourth-order valence-electron chi connectivity index (χ4n) is 1.78. The molecule has 0 amide bonds. The first-order chi connectivity index (χ1) is 9.58. The highest BCUT2D eigenvalue weighted by atomic mass is 19.1. The molecule has 1 aromatic carbocycles. The third-order valence-electron chi connectivity index (χ3n) is 2.64. The second kappa shape index (κ2) is 5.68. The van der Waals surface area contributed by atoms with Crippen LogP contribution in [0.1, 0.15) is 17.5 Å². The van der Waals surface area contributed by atoms with Crippen LogP contribution in [0.3, 0.4) is 0 Å². The van der Waals surface area contributed by atoms with Crippen LogP contribution < -0.4 is 4.74 Å². The standard InChI is InChI=1S/C13H14FN3O3/c1-4-20-13(18)11-15-12(17(2)16-11)10-8(14)6-5-7-9(10)19-3/h5-7H,4H2,1-3H3. The number of methoxy groups -OCH3 is 1. The maximum Gasteiger partial charge on any atom is 0.378 e. The van der Waals surface area contributed by atoms with Crippen LogP contribution in [0, 0.1) is 5.82 Å².